The molecule has 0 bridgehead atoms. The zero-order chi connectivity index (χ0) is 11.8. The van der Waals surface area contributed by atoms with Crippen molar-refractivity contribution >= 4 is 5.97 Å². The molecule has 4 nitrogen and oxygen atoms in total. The first-order valence-electron chi connectivity index (χ1n) is 5.57. The van der Waals surface area contributed by atoms with E-state index in [9.17, 15) is 4.79 Å². The Bertz CT molecular complexity index is 330. The minimum atomic E-state index is -0.175. The highest BCUT2D eigenvalue weighted by molar-refractivity contribution is 5.93. The molecule has 16 heavy (non-hydrogen) atoms. The maximum atomic E-state index is 11.7. The molecule has 90 valence electrons. The van der Waals surface area contributed by atoms with E-state index >= 15 is 0 Å². The van der Waals surface area contributed by atoms with E-state index in [0.717, 1.165) is 24.0 Å². The van der Waals surface area contributed by atoms with Crippen molar-refractivity contribution < 1.29 is 19.0 Å². The zero-order valence-electron chi connectivity index (χ0n) is 10.0. The number of esters is 1. The van der Waals surface area contributed by atoms with Crippen LogP contribution in [0.3, 0.4) is 0 Å². The monoisotopic (exact) mass is 226 g/mol. The summed E-state index contributed by atoms with van der Waals surface area (Å²) in [5, 5.41) is 0. The van der Waals surface area contributed by atoms with Gasteiger partial charge in [0, 0.05) is 18.3 Å². The summed E-state index contributed by atoms with van der Waals surface area (Å²) < 4.78 is 15.6. The lowest BCUT2D eigenvalue weighted by molar-refractivity contribution is -0.136. The number of hydrogen-bond acceptors (Lipinski definition) is 4. The van der Waals surface area contributed by atoms with Crippen LogP contribution in [-0.4, -0.2) is 32.6 Å². The van der Waals surface area contributed by atoms with Gasteiger partial charge in [0.1, 0.15) is 13.4 Å². The molecule has 0 N–H and O–H groups in total. The molecular weight excluding hydrogens is 208 g/mol. The molecule has 1 aliphatic carbocycles. The van der Waals surface area contributed by atoms with Gasteiger partial charge in [0.05, 0.1) is 6.10 Å². The summed E-state index contributed by atoms with van der Waals surface area (Å²) in [6.07, 6.45) is 1.84. The molecular formula is C12H18O4. The first kappa shape index (κ1) is 11.6. The van der Waals surface area contributed by atoms with Crippen LogP contribution in [0.5, 0.6) is 0 Å². The van der Waals surface area contributed by atoms with Gasteiger partial charge < -0.3 is 14.2 Å². The Morgan fingerprint density at radius 3 is 2.94 bits per heavy atom. The Morgan fingerprint density at radius 1 is 1.50 bits per heavy atom. The van der Waals surface area contributed by atoms with Crippen LogP contribution >= 0.6 is 0 Å². The van der Waals surface area contributed by atoms with Crippen molar-refractivity contribution in [1.82, 2.24) is 0 Å². The van der Waals surface area contributed by atoms with Crippen molar-refractivity contribution in [3.05, 3.63) is 11.1 Å². The second-order valence-corrected chi connectivity index (χ2v) is 4.96. The van der Waals surface area contributed by atoms with Gasteiger partial charge in [0.25, 0.3) is 0 Å². The summed E-state index contributed by atoms with van der Waals surface area (Å²) in [6, 6.07) is 0. The largest absolute Gasteiger partial charge is 0.458 e. The first-order valence-corrected chi connectivity index (χ1v) is 5.57. The molecule has 0 spiro atoms. The van der Waals surface area contributed by atoms with Crippen LogP contribution in [0, 0.1) is 5.41 Å². The lowest BCUT2D eigenvalue weighted by Crippen LogP contribution is -2.31. The Kier molecular flexibility index (Phi) is 3.04. The highest BCUT2D eigenvalue weighted by Crippen LogP contribution is 2.44. The van der Waals surface area contributed by atoms with Gasteiger partial charge in [-0.05, 0) is 18.3 Å². The zero-order valence-corrected chi connectivity index (χ0v) is 10.0. The van der Waals surface area contributed by atoms with Crippen LogP contribution in [-0.2, 0) is 19.0 Å². The summed E-state index contributed by atoms with van der Waals surface area (Å²) in [5.74, 6) is -0.175. The average Bonchev–Trinajstić information content (AvgIpc) is 2.61. The Balaban J connectivity index is 2.24. The van der Waals surface area contributed by atoms with Crippen LogP contribution in [0.25, 0.3) is 0 Å². The lowest BCUT2D eigenvalue weighted by Gasteiger charge is -2.33. The molecule has 0 saturated heterocycles. The standard InChI is InChI=1S/C12H18O4/c1-12(2)5-4-9(16-7-14-3)8-6-15-11(13)10(8)12/h9H,4-7H2,1-3H3/t9-/m0/s1. The van der Waals surface area contributed by atoms with Gasteiger partial charge in [-0.15, -0.1) is 0 Å². The van der Waals surface area contributed by atoms with Crippen molar-refractivity contribution in [3.63, 3.8) is 0 Å². The molecule has 2 rings (SSSR count). The fraction of sp³-hybridized carbons (Fsp3) is 0.750. The molecule has 0 aromatic carbocycles. The fourth-order valence-corrected chi connectivity index (χ4v) is 2.51. The molecule has 1 aliphatic heterocycles. The normalized spacial score (nSPS) is 27.9. The number of ether oxygens (including phenoxy) is 3. The van der Waals surface area contributed by atoms with E-state index in [2.05, 4.69) is 13.8 Å². The molecule has 0 aromatic heterocycles. The summed E-state index contributed by atoms with van der Waals surface area (Å²) in [7, 11) is 1.60. The molecule has 0 radical (unpaired) electrons. The van der Waals surface area contributed by atoms with Crippen LogP contribution in [0.2, 0.25) is 0 Å². The second kappa shape index (κ2) is 4.18. The molecule has 0 unspecified atom stereocenters. The SMILES string of the molecule is COCO[C@H]1CCC(C)(C)C2=C1COC2=O. The molecule has 4 heteroatoms. The van der Waals surface area contributed by atoms with Gasteiger partial charge in [-0.25, -0.2) is 4.79 Å². The molecule has 0 fully saturated rings. The third-order valence-electron chi connectivity index (χ3n) is 3.37. The molecule has 0 saturated carbocycles. The van der Waals surface area contributed by atoms with E-state index < -0.39 is 0 Å². The van der Waals surface area contributed by atoms with Crippen molar-refractivity contribution in [2.45, 2.75) is 32.8 Å². The van der Waals surface area contributed by atoms with Crippen LogP contribution in [0.15, 0.2) is 11.1 Å². The van der Waals surface area contributed by atoms with E-state index in [1.807, 2.05) is 0 Å². The number of rotatable bonds is 3. The molecule has 0 aromatic rings. The Hall–Kier alpha value is -0.870. The van der Waals surface area contributed by atoms with Gasteiger partial charge in [-0.1, -0.05) is 13.8 Å². The topological polar surface area (TPSA) is 44.8 Å². The smallest absolute Gasteiger partial charge is 0.335 e. The van der Waals surface area contributed by atoms with Crippen LogP contribution in [0.1, 0.15) is 26.7 Å². The Labute approximate surface area is 95.6 Å². The minimum absolute atomic E-state index is 0.0191. The predicted molar refractivity (Wildman–Crippen MR) is 57.7 cm³/mol. The van der Waals surface area contributed by atoms with Gasteiger partial charge in [-0.3, -0.25) is 0 Å². The van der Waals surface area contributed by atoms with Crippen molar-refractivity contribution in [2.24, 2.45) is 5.41 Å². The molecule has 2 aliphatic rings. The molecule has 1 atom stereocenters. The van der Waals surface area contributed by atoms with Crippen LogP contribution in [0.4, 0.5) is 0 Å². The van der Waals surface area contributed by atoms with E-state index in [1.165, 1.54) is 0 Å². The number of hydrogen-bond donors (Lipinski definition) is 0. The van der Waals surface area contributed by atoms with Crippen molar-refractivity contribution in [3.8, 4) is 0 Å². The highest BCUT2D eigenvalue weighted by Gasteiger charge is 2.43. The van der Waals surface area contributed by atoms with E-state index in [1.54, 1.807) is 7.11 Å². The summed E-state index contributed by atoms with van der Waals surface area (Å²) >= 11 is 0. The minimum Gasteiger partial charge on any atom is -0.458 e. The van der Waals surface area contributed by atoms with Gasteiger partial charge in [0.15, 0.2) is 0 Å². The van der Waals surface area contributed by atoms with Gasteiger partial charge in [0.2, 0.25) is 0 Å². The number of carbonyl (C=O) groups excluding carboxylic acids is 1. The summed E-state index contributed by atoms with van der Waals surface area (Å²) in [4.78, 5) is 11.7. The predicted octanol–water partition coefficient (Wildman–Crippen LogP) is 1.65. The van der Waals surface area contributed by atoms with Gasteiger partial charge in [-0.2, -0.15) is 0 Å². The van der Waals surface area contributed by atoms with Crippen LogP contribution < -0.4 is 0 Å². The summed E-state index contributed by atoms with van der Waals surface area (Å²) in [5.41, 5.74) is 1.74. The van der Waals surface area contributed by atoms with Gasteiger partial charge >= 0.3 is 5.97 Å². The average molecular weight is 226 g/mol. The second-order valence-electron chi connectivity index (χ2n) is 4.96. The highest BCUT2D eigenvalue weighted by atomic mass is 16.7. The fourth-order valence-electron chi connectivity index (χ4n) is 2.51. The van der Waals surface area contributed by atoms with E-state index in [4.69, 9.17) is 14.2 Å². The molecule has 0 amide bonds. The quantitative estimate of drug-likeness (QED) is 0.542. The van der Waals surface area contributed by atoms with E-state index in [0.29, 0.717) is 6.61 Å². The van der Waals surface area contributed by atoms with Crippen molar-refractivity contribution in [2.75, 3.05) is 20.5 Å². The van der Waals surface area contributed by atoms with Crippen molar-refractivity contribution in [1.29, 1.82) is 0 Å². The Morgan fingerprint density at radius 2 is 2.25 bits per heavy atom. The van der Waals surface area contributed by atoms with E-state index in [-0.39, 0.29) is 24.3 Å². The third-order valence-corrected chi connectivity index (χ3v) is 3.37. The maximum Gasteiger partial charge on any atom is 0.335 e. The number of cyclic esters (lactones) is 1. The first-order chi connectivity index (χ1) is 7.56. The number of methoxy groups -OCH3 is 1. The molecule has 1 heterocycles. The summed E-state index contributed by atoms with van der Waals surface area (Å²) in [6.45, 7) is 4.81. The third kappa shape index (κ3) is 1.87. The number of carbonyl (C=O) groups is 1. The lowest BCUT2D eigenvalue weighted by atomic mass is 9.72. The maximum absolute atomic E-state index is 11.7.